The van der Waals surface area contributed by atoms with Crippen molar-refractivity contribution in [3.8, 4) is 5.88 Å². The SMILES string of the molecule is CCN1CCCN(C(=O)NCc2ccnc(OCC3CC3)c2)CC1. The Labute approximate surface area is 144 Å². The lowest BCUT2D eigenvalue weighted by molar-refractivity contribution is 0.198. The van der Waals surface area contributed by atoms with E-state index in [2.05, 4.69) is 22.1 Å². The van der Waals surface area contributed by atoms with E-state index in [9.17, 15) is 4.79 Å². The topological polar surface area (TPSA) is 57.7 Å². The van der Waals surface area contributed by atoms with Gasteiger partial charge in [-0.05, 0) is 49.9 Å². The first-order chi connectivity index (χ1) is 11.7. The molecule has 2 fully saturated rings. The largest absolute Gasteiger partial charge is 0.477 e. The van der Waals surface area contributed by atoms with E-state index in [4.69, 9.17) is 4.74 Å². The van der Waals surface area contributed by atoms with E-state index in [0.717, 1.165) is 51.3 Å². The molecule has 3 rings (SSSR count). The van der Waals surface area contributed by atoms with Crippen LogP contribution in [-0.2, 0) is 6.54 Å². The Kier molecular flexibility index (Phi) is 5.91. The predicted octanol–water partition coefficient (Wildman–Crippen LogP) is 2.11. The number of pyridine rings is 1. The number of nitrogens with one attached hydrogen (secondary N) is 1. The average Bonchev–Trinajstić information content (AvgIpc) is 3.44. The van der Waals surface area contributed by atoms with Crippen molar-refractivity contribution < 1.29 is 9.53 Å². The van der Waals surface area contributed by atoms with Gasteiger partial charge in [0.2, 0.25) is 5.88 Å². The summed E-state index contributed by atoms with van der Waals surface area (Å²) in [5, 5.41) is 3.02. The summed E-state index contributed by atoms with van der Waals surface area (Å²) >= 11 is 0. The lowest BCUT2D eigenvalue weighted by atomic mass is 10.2. The summed E-state index contributed by atoms with van der Waals surface area (Å²) in [7, 11) is 0. The van der Waals surface area contributed by atoms with Crippen molar-refractivity contribution in [3.63, 3.8) is 0 Å². The lowest BCUT2D eigenvalue weighted by Crippen LogP contribution is -2.41. The van der Waals surface area contributed by atoms with E-state index < -0.39 is 0 Å². The number of ether oxygens (including phenoxy) is 1. The second-order valence-electron chi connectivity index (χ2n) is 6.69. The minimum Gasteiger partial charge on any atom is -0.477 e. The molecular formula is C18H28N4O2. The van der Waals surface area contributed by atoms with Crippen molar-refractivity contribution in [3.05, 3.63) is 23.9 Å². The predicted molar refractivity (Wildman–Crippen MR) is 93.0 cm³/mol. The number of carbonyl (C=O) groups is 1. The molecule has 1 saturated carbocycles. The van der Waals surface area contributed by atoms with Crippen LogP contribution < -0.4 is 10.1 Å². The van der Waals surface area contributed by atoms with E-state index in [1.807, 2.05) is 17.0 Å². The number of nitrogens with zero attached hydrogens (tertiary/aromatic N) is 3. The normalized spacial score (nSPS) is 19.0. The molecule has 0 atom stereocenters. The highest BCUT2D eigenvalue weighted by atomic mass is 16.5. The Hall–Kier alpha value is -1.82. The molecule has 0 spiro atoms. The first kappa shape index (κ1) is 17.0. The third-order valence-electron chi connectivity index (χ3n) is 4.73. The van der Waals surface area contributed by atoms with Crippen LogP contribution in [0.3, 0.4) is 0 Å². The summed E-state index contributed by atoms with van der Waals surface area (Å²) in [5.41, 5.74) is 1.02. The molecule has 1 aliphatic heterocycles. The van der Waals surface area contributed by atoms with Gasteiger partial charge in [-0.25, -0.2) is 9.78 Å². The molecule has 0 bridgehead atoms. The van der Waals surface area contributed by atoms with Crippen molar-refractivity contribution >= 4 is 6.03 Å². The van der Waals surface area contributed by atoms with E-state index in [-0.39, 0.29) is 6.03 Å². The standard InChI is InChI=1S/C18H28N4O2/c1-2-21-8-3-9-22(11-10-21)18(23)20-13-16-6-7-19-17(12-16)24-14-15-4-5-15/h6-7,12,15H,2-5,8-11,13-14H2,1H3,(H,20,23). The number of aromatic nitrogens is 1. The van der Waals surface area contributed by atoms with Crippen LogP contribution in [0.1, 0.15) is 31.7 Å². The van der Waals surface area contributed by atoms with Crippen LogP contribution in [0, 0.1) is 5.92 Å². The maximum Gasteiger partial charge on any atom is 0.317 e. The van der Waals surface area contributed by atoms with Crippen molar-refractivity contribution in [1.82, 2.24) is 20.1 Å². The third kappa shape index (κ3) is 5.09. The number of amides is 2. The number of urea groups is 1. The van der Waals surface area contributed by atoms with Crippen LogP contribution >= 0.6 is 0 Å². The van der Waals surface area contributed by atoms with Crippen molar-refractivity contribution in [2.24, 2.45) is 5.92 Å². The van der Waals surface area contributed by atoms with Crippen LogP contribution in [0.25, 0.3) is 0 Å². The van der Waals surface area contributed by atoms with Gasteiger partial charge in [-0.2, -0.15) is 0 Å². The number of rotatable bonds is 6. The van der Waals surface area contributed by atoms with E-state index in [0.29, 0.717) is 18.3 Å². The molecule has 0 radical (unpaired) electrons. The maximum atomic E-state index is 12.4. The van der Waals surface area contributed by atoms with Crippen LogP contribution in [0.2, 0.25) is 0 Å². The van der Waals surface area contributed by atoms with Gasteiger partial charge in [0.25, 0.3) is 0 Å². The average molecular weight is 332 g/mol. The molecule has 1 saturated heterocycles. The molecule has 2 amide bonds. The van der Waals surface area contributed by atoms with Gasteiger partial charge in [0.1, 0.15) is 0 Å². The molecule has 1 aromatic heterocycles. The number of hydrogen-bond donors (Lipinski definition) is 1. The molecule has 1 N–H and O–H groups in total. The Morgan fingerprint density at radius 2 is 2.21 bits per heavy atom. The quantitative estimate of drug-likeness (QED) is 0.867. The number of likely N-dealkylation sites (N-methyl/N-ethyl adjacent to an activating group) is 1. The van der Waals surface area contributed by atoms with Crippen LogP contribution in [-0.4, -0.2) is 60.1 Å². The van der Waals surface area contributed by atoms with Gasteiger partial charge >= 0.3 is 6.03 Å². The molecule has 0 aromatic carbocycles. The second kappa shape index (κ2) is 8.33. The van der Waals surface area contributed by atoms with Crippen molar-refractivity contribution in [2.45, 2.75) is 32.7 Å². The van der Waals surface area contributed by atoms with Gasteiger partial charge in [-0.3, -0.25) is 0 Å². The Morgan fingerprint density at radius 3 is 3.00 bits per heavy atom. The van der Waals surface area contributed by atoms with Crippen LogP contribution in [0.4, 0.5) is 4.79 Å². The van der Waals surface area contributed by atoms with E-state index in [1.165, 1.54) is 12.8 Å². The zero-order valence-electron chi connectivity index (χ0n) is 14.5. The minimum atomic E-state index is 0.0187. The van der Waals surface area contributed by atoms with Gasteiger partial charge < -0.3 is 19.9 Å². The molecule has 132 valence electrons. The number of hydrogen-bond acceptors (Lipinski definition) is 4. The highest BCUT2D eigenvalue weighted by Crippen LogP contribution is 2.29. The molecule has 6 heteroatoms. The fraction of sp³-hybridized carbons (Fsp3) is 0.667. The summed E-state index contributed by atoms with van der Waals surface area (Å²) in [6.07, 6.45) is 5.31. The molecule has 1 aliphatic carbocycles. The highest BCUT2D eigenvalue weighted by Gasteiger charge is 2.22. The fourth-order valence-corrected chi connectivity index (χ4v) is 2.91. The van der Waals surface area contributed by atoms with Gasteiger partial charge in [-0.15, -0.1) is 0 Å². The molecule has 2 aliphatic rings. The van der Waals surface area contributed by atoms with E-state index >= 15 is 0 Å². The lowest BCUT2D eigenvalue weighted by Gasteiger charge is -2.21. The number of carbonyl (C=O) groups excluding carboxylic acids is 1. The first-order valence-electron chi connectivity index (χ1n) is 9.07. The fourth-order valence-electron chi connectivity index (χ4n) is 2.91. The highest BCUT2D eigenvalue weighted by molar-refractivity contribution is 5.74. The summed E-state index contributed by atoms with van der Waals surface area (Å²) in [5.74, 6) is 1.36. The zero-order chi connectivity index (χ0) is 16.8. The van der Waals surface area contributed by atoms with Crippen molar-refractivity contribution in [2.75, 3.05) is 39.3 Å². The smallest absolute Gasteiger partial charge is 0.317 e. The minimum absolute atomic E-state index is 0.0187. The van der Waals surface area contributed by atoms with Crippen LogP contribution in [0.5, 0.6) is 5.88 Å². The summed E-state index contributed by atoms with van der Waals surface area (Å²) in [6.45, 7) is 8.14. The maximum absolute atomic E-state index is 12.4. The van der Waals surface area contributed by atoms with Gasteiger partial charge in [0.15, 0.2) is 0 Å². The monoisotopic (exact) mass is 332 g/mol. The summed E-state index contributed by atoms with van der Waals surface area (Å²) in [6, 6.07) is 3.86. The van der Waals surface area contributed by atoms with E-state index in [1.54, 1.807) is 6.20 Å². The van der Waals surface area contributed by atoms with Crippen molar-refractivity contribution in [1.29, 1.82) is 0 Å². The first-order valence-corrected chi connectivity index (χ1v) is 9.07. The molecule has 6 nitrogen and oxygen atoms in total. The van der Waals surface area contributed by atoms with Gasteiger partial charge in [0.05, 0.1) is 6.61 Å². The molecule has 24 heavy (non-hydrogen) atoms. The van der Waals surface area contributed by atoms with Crippen LogP contribution in [0.15, 0.2) is 18.3 Å². The molecule has 2 heterocycles. The summed E-state index contributed by atoms with van der Waals surface area (Å²) in [4.78, 5) is 20.9. The van der Waals surface area contributed by atoms with Gasteiger partial charge in [0, 0.05) is 38.4 Å². The molecular weight excluding hydrogens is 304 g/mol. The Morgan fingerprint density at radius 1 is 1.33 bits per heavy atom. The Bertz CT molecular complexity index is 548. The zero-order valence-corrected chi connectivity index (χ0v) is 14.5. The Balaban J connectivity index is 1.45. The third-order valence-corrected chi connectivity index (χ3v) is 4.73. The molecule has 0 unspecified atom stereocenters. The summed E-state index contributed by atoms with van der Waals surface area (Å²) < 4.78 is 5.69. The second-order valence-corrected chi connectivity index (χ2v) is 6.69. The molecule has 1 aromatic rings. The van der Waals surface area contributed by atoms with Gasteiger partial charge in [-0.1, -0.05) is 6.92 Å².